The number of fused-ring (bicyclic) bond motifs is 1. The summed E-state index contributed by atoms with van der Waals surface area (Å²) in [5.41, 5.74) is 5.76. The number of hydrogen-bond acceptors (Lipinski definition) is 6. The Morgan fingerprint density at radius 1 is 1.56 bits per heavy atom. The van der Waals surface area contributed by atoms with Gasteiger partial charge < -0.3 is 25.6 Å². The maximum absolute atomic E-state index is 11.5. The molecule has 0 saturated carbocycles. The van der Waals surface area contributed by atoms with E-state index < -0.39 is 0 Å². The van der Waals surface area contributed by atoms with Crippen LogP contribution < -0.4 is 20.7 Å². The molecule has 1 aromatic heterocycles. The summed E-state index contributed by atoms with van der Waals surface area (Å²) in [7, 11) is 1.60. The summed E-state index contributed by atoms with van der Waals surface area (Å²) >= 11 is 1.34. The molecule has 2 aliphatic heterocycles. The second kappa shape index (κ2) is 4.20. The van der Waals surface area contributed by atoms with E-state index in [1.165, 1.54) is 11.5 Å². The number of amides is 2. The van der Waals surface area contributed by atoms with Crippen molar-refractivity contribution in [3.05, 3.63) is 0 Å². The van der Waals surface area contributed by atoms with Gasteiger partial charge in [0, 0.05) is 26.2 Å². The molecule has 3 rings (SSSR count). The van der Waals surface area contributed by atoms with Gasteiger partial charge in [-0.25, -0.2) is 4.79 Å². The third-order valence-corrected chi connectivity index (χ3v) is 4.29. The molecular weight excluding hydrogens is 254 g/mol. The van der Waals surface area contributed by atoms with Gasteiger partial charge in [0.2, 0.25) is 0 Å². The monoisotopic (exact) mass is 269 g/mol. The van der Waals surface area contributed by atoms with E-state index in [1.54, 1.807) is 7.11 Å². The van der Waals surface area contributed by atoms with E-state index in [0.717, 1.165) is 24.6 Å². The molecule has 0 aromatic carbocycles. The van der Waals surface area contributed by atoms with Crippen LogP contribution >= 0.6 is 11.5 Å². The predicted octanol–water partition coefficient (Wildman–Crippen LogP) is -0.0523. The maximum atomic E-state index is 11.5. The molecule has 3 N–H and O–H groups in total. The van der Waals surface area contributed by atoms with Crippen LogP contribution in [0.15, 0.2) is 0 Å². The molecule has 2 saturated heterocycles. The van der Waals surface area contributed by atoms with Crippen molar-refractivity contribution in [3.63, 3.8) is 0 Å². The molecule has 7 nitrogen and oxygen atoms in total. The number of ether oxygens (including phenoxy) is 1. The number of carbonyl (C=O) groups is 1. The van der Waals surface area contributed by atoms with Crippen molar-refractivity contribution < 1.29 is 9.53 Å². The number of methoxy groups -OCH3 is 1. The molecule has 1 atom stereocenters. The molecule has 2 amide bonds. The SMILES string of the molecule is COc1c(N)nsc1N1CCN2C(=O)NCC2C1. The zero-order valence-electron chi connectivity index (χ0n) is 10.0. The lowest BCUT2D eigenvalue weighted by Gasteiger charge is -2.36. The summed E-state index contributed by atoms with van der Waals surface area (Å²) in [4.78, 5) is 15.6. The normalized spacial score (nSPS) is 22.9. The highest BCUT2D eigenvalue weighted by Gasteiger charge is 2.36. The first kappa shape index (κ1) is 11.4. The van der Waals surface area contributed by atoms with E-state index in [0.29, 0.717) is 18.1 Å². The van der Waals surface area contributed by atoms with Crippen LogP contribution in [0.3, 0.4) is 0 Å². The molecule has 0 aliphatic carbocycles. The fourth-order valence-corrected chi connectivity index (χ4v) is 3.29. The van der Waals surface area contributed by atoms with Gasteiger partial charge in [0.15, 0.2) is 16.6 Å². The molecular formula is C10H15N5O2S. The molecule has 1 aromatic rings. The van der Waals surface area contributed by atoms with Gasteiger partial charge in [-0.2, -0.15) is 4.37 Å². The molecule has 0 spiro atoms. The second-order valence-electron chi connectivity index (χ2n) is 4.39. The first-order valence-corrected chi connectivity index (χ1v) is 6.56. The Morgan fingerprint density at radius 3 is 3.17 bits per heavy atom. The van der Waals surface area contributed by atoms with Gasteiger partial charge in [-0.3, -0.25) is 0 Å². The van der Waals surface area contributed by atoms with E-state index in [9.17, 15) is 4.79 Å². The zero-order valence-corrected chi connectivity index (χ0v) is 10.9. The van der Waals surface area contributed by atoms with Crippen molar-refractivity contribution in [2.75, 3.05) is 43.9 Å². The summed E-state index contributed by atoms with van der Waals surface area (Å²) in [5.74, 6) is 1.08. The molecule has 8 heteroatoms. The Bertz CT molecular complexity index is 477. The lowest BCUT2D eigenvalue weighted by Crippen LogP contribution is -2.52. The second-order valence-corrected chi connectivity index (χ2v) is 5.14. The Kier molecular flexibility index (Phi) is 2.66. The lowest BCUT2D eigenvalue weighted by atomic mass is 10.2. The van der Waals surface area contributed by atoms with Crippen molar-refractivity contribution in [2.24, 2.45) is 0 Å². The lowest BCUT2D eigenvalue weighted by molar-refractivity contribution is 0.197. The zero-order chi connectivity index (χ0) is 12.7. The van der Waals surface area contributed by atoms with Crippen molar-refractivity contribution in [1.82, 2.24) is 14.6 Å². The third kappa shape index (κ3) is 1.64. The van der Waals surface area contributed by atoms with Crippen LogP contribution in [-0.2, 0) is 0 Å². The van der Waals surface area contributed by atoms with Gasteiger partial charge in [-0.1, -0.05) is 0 Å². The highest BCUT2D eigenvalue weighted by Crippen LogP contribution is 2.38. The molecule has 3 heterocycles. The summed E-state index contributed by atoms with van der Waals surface area (Å²) in [6, 6.07) is 0.259. The quantitative estimate of drug-likeness (QED) is 0.786. The average molecular weight is 269 g/mol. The largest absolute Gasteiger partial charge is 0.490 e. The molecule has 18 heavy (non-hydrogen) atoms. The van der Waals surface area contributed by atoms with Crippen LogP contribution in [0.5, 0.6) is 5.75 Å². The van der Waals surface area contributed by atoms with E-state index in [1.807, 2.05) is 4.90 Å². The van der Waals surface area contributed by atoms with E-state index >= 15 is 0 Å². The number of anilines is 2. The topological polar surface area (TPSA) is 83.7 Å². The number of nitrogens with zero attached hydrogens (tertiary/aromatic N) is 3. The number of aromatic nitrogens is 1. The summed E-state index contributed by atoms with van der Waals surface area (Å²) < 4.78 is 9.41. The van der Waals surface area contributed by atoms with E-state index in [-0.39, 0.29) is 12.1 Å². The molecule has 2 aliphatic rings. The van der Waals surface area contributed by atoms with Gasteiger partial charge in [0.05, 0.1) is 13.2 Å². The summed E-state index contributed by atoms with van der Waals surface area (Å²) in [5, 5.41) is 3.81. The number of nitrogens with one attached hydrogen (secondary N) is 1. The van der Waals surface area contributed by atoms with Gasteiger partial charge in [0.1, 0.15) is 0 Å². The van der Waals surface area contributed by atoms with Crippen LogP contribution in [0.4, 0.5) is 15.6 Å². The van der Waals surface area contributed by atoms with Crippen LogP contribution in [0.2, 0.25) is 0 Å². The number of nitrogens with two attached hydrogens (primary N) is 1. The molecule has 0 bridgehead atoms. The minimum absolute atomic E-state index is 0.0374. The number of hydrogen-bond donors (Lipinski definition) is 2. The molecule has 98 valence electrons. The smallest absolute Gasteiger partial charge is 0.317 e. The number of carbonyl (C=O) groups excluding carboxylic acids is 1. The fourth-order valence-electron chi connectivity index (χ4n) is 2.47. The maximum Gasteiger partial charge on any atom is 0.317 e. The van der Waals surface area contributed by atoms with E-state index in [2.05, 4.69) is 14.6 Å². The minimum atomic E-state index is 0.0374. The van der Waals surface area contributed by atoms with Crippen molar-refractivity contribution >= 4 is 28.4 Å². The van der Waals surface area contributed by atoms with Gasteiger partial charge in [-0.15, -0.1) is 0 Å². The number of rotatable bonds is 2. The predicted molar refractivity (Wildman–Crippen MR) is 69.2 cm³/mol. The van der Waals surface area contributed by atoms with Crippen molar-refractivity contribution in [1.29, 1.82) is 0 Å². The highest BCUT2D eigenvalue weighted by atomic mass is 32.1. The van der Waals surface area contributed by atoms with Gasteiger partial charge in [0.25, 0.3) is 0 Å². The van der Waals surface area contributed by atoms with Gasteiger partial charge in [-0.05, 0) is 11.5 Å². The van der Waals surface area contributed by atoms with Crippen LogP contribution in [0, 0.1) is 0 Å². The van der Waals surface area contributed by atoms with Crippen molar-refractivity contribution in [2.45, 2.75) is 6.04 Å². The summed E-state index contributed by atoms with van der Waals surface area (Å²) in [6.07, 6.45) is 0. The summed E-state index contributed by atoms with van der Waals surface area (Å²) in [6.45, 7) is 2.99. The minimum Gasteiger partial charge on any atom is -0.490 e. The highest BCUT2D eigenvalue weighted by molar-refractivity contribution is 7.11. The Morgan fingerprint density at radius 2 is 2.39 bits per heavy atom. The van der Waals surface area contributed by atoms with E-state index in [4.69, 9.17) is 10.5 Å². The number of urea groups is 1. The molecule has 0 radical (unpaired) electrons. The third-order valence-electron chi connectivity index (χ3n) is 3.38. The van der Waals surface area contributed by atoms with Crippen molar-refractivity contribution in [3.8, 4) is 5.75 Å². The molecule has 2 fully saturated rings. The number of nitrogen functional groups attached to an aromatic ring is 1. The molecule has 1 unspecified atom stereocenters. The van der Waals surface area contributed by atoms with Crippen LogP contribution in [-0.4, -0.2) is 54.6 Å². The first-order valence-electron chi connectivity index (χ1n) is 5.79. The Hall–Kier alpha value is -1.70. The Labute approximate surface area is 109 Å². The van der Waals surface area contributed by atoms with Gasteiger partial charge >= 0.3 is 6.03 Å². The average Bonchev–Trinajstić information content (AvgIpc) is 2.93. The van der Waals surface area contributed by atoms with Crippen LogP contribution in [0.1, 0.15) is 0 Å². The Balaban J connectivity index is 1.80. The fraction of sp³-hybridized carbons (Fsp3) is 0.600. The van der Waals surface area contributed by atoms with Crippen LogP contribution in [0.25, 0.3) is 0 Å². The number of piperazine rings is 1. The first-order chi connectivity index (χ1) is 8.70. The standard InChI is InChI=1S/C10H15N5O2S/c1-17-7-8(11)13-18-9(7)14-2-3-15-6(5-14)4-12-10(15)16/h6H,2-5H2,1H3,(H2,11,13)(H,12,16).